The third-order valence-electron chi connectivity index (χ3n) is 5.50. The van der Waals surface area contributed by atoms with Crippen LogP contribution in [0.5, 0.6) is 0 Å². The lowest BCUT2D eigenvalue weighted by molar-refractivity contribution is -0.143. The number of piperidine rings is 2. The van der Waals surface area contributed by atoms with Crippen LogP contribution in [0.3, 0.4) is 0 Å². The Morgan fingerprint density at radius 2 is 1.88 bits per heavy atom. The van der Waals surface area contributed by atoms with Gasteiger partial charge in [-0.2, -0.15) is 0 Å². The van der Waals surface area contributed by atoms with Gasteiger partial charge >= 0.3 is 0 Å². The Labute approximate surface area is 142 Å². The zero-order chi connectivity index (χ0) is 17.3. The van der Waals surface area contributed by atoms with E-state index in [4.69, 9.17) is 0 Å². The van der Waals surface area contributed by atoms with Crippen molar-refractivity contribution in [3.05, 3.63) is 34.2 Å². The quantitative estimate of drug-likeness (QED) is 0.851. The summed E-state index contributed by atoms with van der Waals surface area (Å²) in [5, 5.41) is 10.2. The summed E-state index contributed by atoms with van der Waals surface area (Å²) in [7, 11) is 3.74. The van der Waals surface area contributed by atoms with Crippen molar-refractivity contribution >= 4 is 5.91 Å². The summed E-state index contributed by atoms with van der Waals surface area (Å²) in [5.74, 6) is 0.114. The molecule has 0 bridgehead atoms. The van der Waals surface area contributed by atoms with Crippen molar-refractivity contribution in [3.63, 3.8) is 0 Å². The van der Waals surface area contributed by atoms with Gasteiger partial charge in [0.15, 0.2) is 0 Å². The molecule has 1 amide bonds. The van der Waals surface area contributed by atoms with Gasteiger partial charge in [0.05, 0.1) is 12.0 Å². The highest BCUT2D eigenvalue weighted by atomic mass is 16.3. The molecule has 24 heavy (non-hydrogen) atoms. The van der Waals surface area contributed by atoms with Gasteiger partial charge in [0.2, 0.25) is 5.91 Å². The molecule has 2 fully saturated rings. The maximum Gasteiger partial charge on any atom is 0.250 e. The van der Waals surface area contributed by atoms with E-state index in [9.17, 15) is 14.7 Å². The van der Waals surface area contributed by atoms with Crippen LogP contribution >= 0.6 is 0 Å². The molecule has 3 heterocycles. The molecule has 2 saturated heterocycles. The molecule has 2 aliphatic rings. The van der Waals surface area contributed by atoms with Crippen LogP contribution in [0.25, 0.3) is 0 Å². The van der Waals surface area contributed by atoms with Gasteiger partial charge in [0.1, 0.15) is 0 Å². The third kappa shape index (κ3) is 3.54. The first kappa shape index (κ1) is 17.2. The summed E-state index contributed by atoms with van der Waals surface area (Å²) in [5.41, 5.74) is 1.09. The topological polar surface area (TPSA) is 65.8 Å². The molecule has 0 radical (unpaired) electrons. The van der Waals surface area contributed by atoms with Crippen molar-refractivity contribution in [3.8, 4) is 0 Å². The van der Waals surface area contributed by atoms with Crippen LogP contribution in [0.1, 0.15) is 30.7 Å². The molecule has 3 rings (SSSR count). The number of likely N-dealkylation sites (tertiary alicyclic amines) is 2. The number of amides is 1. The van der Waals surface area contributed by atoms with E-state index in [1.165, 1.54) is 0 Å². The second-order valence-corrected chi connectivity index (χ2v) is 7.23. The number of carbonyl (C=O) groups excluding carboxylic acids is 1. The molecule has 2 aliphatic heterocycles. The minimum atomic E-state index is -0.524. The molecule has 6 nitrogen and oxygen atoms in total. The predicted molar refractivity (Wildman–Crippen MR) is 91.8 cm³/mol. The van der Waals surface area contributed by atoms with Gasteiger partial charge in [-0.25, -0.2) is 0 Å². The number of hydrogen-bond acceptors (Lipinski definition) is 4. The molecule has 0 spiro atoms. The first-order valence-electron chi connectivity index (χ1n) is 8.77. The average Bonchev–Trinajstić information content (AvgIpc) is 2.59. The molecular formula is C18H27N3O3. The summed E-state index contributed by atoms with van der Waals surface area (Å²) >= 11 is 0. The van der Waals surface area contributed by atoms with E-state index in [2.05, 4.69) is 4.90 Å². The first-order valence-corrected chi connectivity index (χ1v) is 8.77. The molecule has 1 N–H and O–H groups in total. The molecule has 0 saturated carbocycles. The number of hydrogen-bond donors (Lipinski definition) is 1. The van der Waals surface area contributed by atoms with Gasteiger partial charge < -0.3 is 19.5 Å². The largest absolute Gasteiger partial charge is 0.392 e. The highest BCUT2D eigenvalue weighted by Crippen LogP contribution is 2.29. The SMILES string of the molecule is CN1CC[C@H](O)[C@H](C(=O)N2CCC(c3ccn(C)c(=O)c3)CC2)C1. The standard InChI is InChI=1S/C18H27N3O3/c1-19-7-6-16(22)15(12-19)18(24)21-9-4-13(5-10-21)14-3-8-20(2)17(23)11-14/h3,8,11,13,15-16,22H,4-7,9-10,12H2,1-2H3/t15-,16+/m1/s1. The molecule has 0 aromatic carbocycles. The highest BCUT2D eigenvalue weighted by Gasteiger charge is 2.36. The minimum Gasteiger partial charge on any atom is -0.392 e. The van der Waals surface area contributed by atoms with Crippen molar-refractivity contribution in [1.82, 2.24) is 14.4 Å². The van der Waals surface area contributed by atoms with Crippen LogP contribution in [0, 0.1) is 5.92 Å². The zero-order valence-corrected chi connectivity index (χ0v) is 14.5. The molecule has 0 aliphatic carbocycles. The molecule has 6 heteroatoms. The summed E-state index contributed by atoms with van der Waals surface area (Å²) in [6, 6.07) is 3.71. The maximum absolute atomic E-state index is 12.7. The summed E-state index contributed by atoms with van der Waals surface area (Å²) in [6.45, 7) is 2.88. The number of rotatable bonds is 2. The maximum atomic E-state index is 12.7. The lowest BCUT2D eigenvalue weighted by Gasteiger charge is -2.39. The number of aryl methyl sites for hydroxylation is 1. The van der Waals surface area contributed by atoms with E-state index in [0.29, 0.717) is 32.0 Å². The van der Waals surface area contributed by atoms with Gasteiger partial charge in [-0.3, -0.25) is 9.59 Å². The van der Waals surface area contributed by atoms with Gasteiger partial charge in [0, 0.05) is 45.5 Å². The van der Waals surface area contributed by atoms with Gasteiger partial charge in [-0.1, -0.05) is 0 Å². The lowest BCUT2D eigenvalue weighted by Crippen LogP contribution is -2.51. The predicted octanol–water partition coefficient (Wildman–Crippen LogP) is 0.404. The van der Waals surface area contributed by atoms with E-state index in [0.717, 1.165) is 24.9 Å². The summed E-state index contributed by atoms with van der Waals surface area (Å²) in [4.78, 5) is 28.5. The Morgan fingerprint density at radius 1 is 1.17 bits per heavy atom. The van der Waals surface area contributed by atoms with Crippen LogP contribution in [-0.2, 0) is 11.8 Å². The van der Waals surface area contributed by atoms with E-state index in [-0.39, 0.29) is 17.4 Å². The van der Waals surface area contributed by atoms with E-state index in [1.54, 1.807) is 17.7 Å². The lowest BCUT2D eigenvalue weighted by atomic mass is 9.88. The number of aliphatic hydroxyl groups is 1. The number of pyridine rings is 1. The van der Waals surface area contributed by atoms with Gasteiger partial charge in [0.25, 0.3) is 5.56 Å². The molecule has 2 atom stereocenters. The molecule has 132 valence electrons. The molecule has 1 aromatic rings. The number of carbonyl (C=O) groups is 1. The average molecular weight is 333 g/mol. The van der Waals surface area contributed by atoms with E-state index in [1.807, 2.05) is 24.2 Å². The monoisotopic (exact) mass is 333 g/mol. The van der Waals surface area contributed by atoms with Gasteiger partial charge in [-0.15, -0.1) is 0 Å². The zero-order valence-electron chi connectivity index (χ0n) is 14.5. The molecule has 1 aromatic heterocycles. The Morgan fingerprint density at radius 3 is 2.54 bits per heavy atom. The van der Waals surface area contributed by atoms with E-state index >= 15 is 0 Å². The first-order chi connectivity index (χ1) is 11.5. The fourth-order valence-electron chi connectivity index (χ4n) is 3.83. The van der Waals surface area contributed by atoms with Crippen LogP contribution in [0.4, 0.5) is 0 Å². The van der Waals surface area contributed by atoms with Gasteiger partial charge in [-0.05, 0) is 43.9 Å². The normalized spacial score (nSPS) is 26.5. The summed E-state index contributed by atoms with van der Waals surface area (Å²) in [6.07, 6.45) is 3.69. The Bertz CT molecular complexity index is 649. The Balaban J connectivity index is 1.61. The minimum absolute atomic E-state index is 0.0133. The van der Waals surface area contributed by atoms with Crippen molar-refractivity contribution in [2.24, 2.45) is 13.0 Å². The molecular weight excluding hydrogens is 306 g/mol. The second kappa shape index (κ2) is 7.07. The van der Waals surface area contributed by atoms with Crippen LogP contribution in [0.2, 0.25) is 0 Å². The number of aromatic nitrogens is 1. The second-order valence-electron chi connectivity index (χ2n) is 7.23. The Kier molecular flexibility index (Phi) is 5.06. The van der Waals surface area contributed by atoms with Crippen LogP contribution in [0.15, 0.2) is 23.1 Å². The summed E-state index contributed by atoms with van der Waals surface area (Å²) < 4.78 is 1.57. The number of aliphatic hydroxyl groups excluding tert-OH is 1. The number of nitrogens with zero attached hydrogens (tertiary/aromatic N) is 3. The fourth-order valence-corrected chi connectivity index (χ4v) is 3.83. The van der Waals surface area contributed by atoms with Crippen LogP contribution < -0.4 is 5.56 Å². The fraction of sp³-hybridized carbons (Fsp3) is 0.667. The molecule has 0 unspecified atom stereocenters. The highest BCUT2D eigenvalue weighted by molar-refractivity contribution is 5.80. The van der Waals surface area contributed by atoms with Crippen LogP contribution in [-0.4, -0.2) is 64.7 Å². The smallest absolute Gasteiger partial charge is 0.250 e. The van der Waals surface area contributed by atoms with Crippen molar-refractivity contribution in [2.45, 2.75) is 31.3 Å². The Hall–Kier alpha value is -1.66. The van der Waals surface area contributed by atoms with Crippen molar-refractivity contribution < 1.29 is 9.90 Å². The van der Waals surface area contributed by atoms with Crippen molar-refractivity contribution in [2.75, 3.05) is 33.2 Å². The third-order valence-corrected chi connectivity index (χ3v) is 5.50. The van der Waals surface area contributed by atoms with E-state index < -0.39 is 6.10 Å². The van der Waals surface area contributed by atoms with Crippen molar-refractivity contribution in [1.29, 1.82) is 0 Å².